The van der Waals surface area contributed by atoms with Crippen LogP contribution in [0, 0.1) is 6.92 Å². The number of carbonyl (C=O) groups excluding carboxylic acids is 1. The number of hydrogen-bond donors (Lipinski definition) is 4. The third kappa shape index (κ3) is 6.69. The number of nitrogens with zero attached hydrogens (tertiary/aromatic N) is 2. The van der Waals surface area contributed by atoms with E-state index in [0.29, 0.717) is 21.6 Å². The number of nitrogens with one attached hydrogen (secondary N) is 3. The van der Waals surface area contributed by atoms with Crippen molar-refractivity contribution in [3.8, 4) is 0 Å². The van der Waals surface area contributed by atoms with Crippen LogP contribution in [0.5, 0.6) is 0 Å². The lowest BCUT2D eigenvalue weighted by Gasteiger charge is -2.05. The number of anilines is 1. The Morgan fingerprint density at radius 1 is 1.28 bits per heavy atom. The van der Waals surface area contributed by atoms with Crippen molar-refractivity contribution in [2.45, 2.75) is 6.92 Å². The minimum atomic E-state index is -0.463. The minimum Gasteiger partial charge on any atom is -0.459 e. The molecule has 0 saturated heterocycles. The van der Waals surface area contributed by atoms with Gasteiger partial charge in [-0.15, -0.1) is 0 Å². The summed E-state index contributed by atoms with van der Waals surface area (Å²) < 4.78 is 5.05. The molecule has 1 amide bonds. The Kier molecular flexibility index (Phi) is 8.06. The number of furan rings is 1. The summed E-state index contributed by atoms with van der Waals surface area (Å²) in [7, 11) is 0. The van der Waals surface area contributed by atoms with Gasteiger partial charge in [-0.2, -0.15) is 5.10 Å². The van der Waals surface area contributed by atoms with Gasteiger partial charge in [-0.05, 0) is 67.3 Å². The summed E-state index contributed by atoms with van der Waals surface area (Å²) in [6.07, 6.45) is 5.08. The van der Waals surface area contributed by atoms with Crippen LogP contribution < -0.4 is 21.8 Å². The third-order valence-corrected chi connectivity index (χ3v) is 5.45. The van der Waals surface area contributed by atoms with E-state index in [1.165, 1.54) is 23.7 Å². The molecule has 0 radical (unpaired) electrons. The second-order valence-corrected chi connectivity index (χ2v) is 8.46. The Hall–Kier alpha value is -3.12. The Balaban J connectivity index is 1.77. The van der Waals surface area contributed by atoms with E-state index in [1.54, 1.807) is 24.3 Å². The number of benzene rings is 1. The molecule has 8 nitrogen and oxygen atoms in total. The van der Waals surface area contributed by atoms with Gasteiger partial charge in [0, 0.05) is 5.02 Å². The molecule has 0 atom stereocenters. The van der Waals surface area contributed by atoms with E-state index in [9.17, 15) is 4.79 Å². The van der Waals surface area contributed by atoms with Gasteiger partial charge in [-0.1, -0.05) is 41.1 Å². The number of amides is 1. The average Bonchev–Trinajstić information content (AvgIpc) is 3.39. The SMILES string of the molecule is Cc1nc(NC(=S)NC(=O)c2ccco2)sc1C(/C=C/c1ccc(Cl)cc1)=N/NC(N)=S. The fourth-order valence-corrected chi connectivity index (χ4v) is 3.78. The quantitative estimate of drug-likeness (QED) is 0.225. The van der Waals surface area contributed by atoms with Gasteiger partial charge in [-0.3, -0.25) is 15.5 Å². The lowest BCUT2D eigenvalue weighted by atomic mass is 10.1. The first-order valence-corrected chi connectivity index (χ1v) is 11.0. The summed E-state index contributed by atoms with van der Waals surface area (Å²) in [5.41, 5.74) is 10.3. The van der Waals surface area contributed by atoms with Crippen molar-refractivity contribution in [2.75, 3.05) is 5.32 Å². The summed E-state index contributed by atoms with van der Waals surface area (Å²) in [6.45, 7) is 1.83. The number of hydrogen-bond acceptors (Lipinski definition) is 7. The van der Waals surface area contributed by atoms with E-state index < -0.39 is 5.91 Å². The molecular weight excluding hydrogens is 488 g/mol. The van der Waals surface area contributed by atoms with Gasteiger partial charge in [0.25, 0.3) is 5.91 Å². The highest BCUT2D eigenvalue weighted by Crippen LogP contribution is 2.24. The molecule has 2 aromatic heterocycles. The van der Waals surface area contributed by atoms with Crippen molar-refractivity contribution in [3.05, 3.63) is 75.7 Å². The second-order valence-electron chi connectivity index (χ2n) is 6.18. The van der Waals surface area contributed by atoms with Crippen LogP contribution in [0.4, 0.5) is 5.13 Å². The first-order chi connectivity index (χ1) is 15.3. The number of rotatable bonds is 6. The molecule has 0 unspecified atom stereocenters. The second kappa shape index (κ2) is 11.0. The fourth-order valence-electron chi connectivity index (χ4n) is 2.42. The predicted molar refractivity (Wildman–Crippen MR) is 136 cm³/mol. The monoisotopic (exact) mass is 504 g/mol. The fraction of sp³-hybridized carbons (Fsp3) is 0.0500. The molecule has 0 saturated carbocycles. The zero-order valence-electron chi connectivity index (χ0n) is 16.6. The Labute approximate surface area is 203 Å². The molecule has 0 aliphatic rings. The van der Waals surface area contributed by atoms with Gasteiger partial charge >= 0.3 is 0 Å². The van der Waals surface area contributed by atoms with E-state index in [0.717, 1.165) is 10.4 Å². The van der Waals surface area contributed by atoms with E-state index in [4.69, 9.17) is 46.2 Å². The van der Waals surface area contributed by atoms with Crippen molar-refractivity contribution in [1.82, 2.24) is 15.7 Å². The summed E-state index contributed by atoms with van der Waals surface area (Å²) in [5.74, 6) is -0.314. The normalized spacial score (nSPS) is 11.4. The van der Waals surface area contributed by atoms with Crippen LogP contribution in [0.15, 0.2) is 58.3 Å². The van der Waals surface area contributed by atoms with E-state index >= 15 is 0 Å². The van der Waals surface area contributed by atoms with Crippen molar-refractivity contribution in [1.29, 1.82) is 0 Å². The largest absolute Gasteiger partial charge is 0.459 e. The van der Waals surface area contributed by atoms with Gasteiger partial charge in [-0.25, -0.2) is 4.98 Å². The van der Waals surface area contributed by atoms with Gasteiger partial charge in [0.1, 0.15) is 5.71 Å². The van der Waals surface area contributed by atoms with Gasteiger partial charge in [0.15, 0.2) is 21.1 Å². The molecule has 5 N–H and O–H groups in total. The van der Waals surface area contributed by atoms with Crippen LogP contribution in [0.2, 0.25) is 5.02 Å². The van der Waals surface area contributed by atoms with Crippen LogP contribution in [-0.2, 0) is 0 Å². The number of halogens is 1. The Morgan fingerprint density at radius 3 is 2.69 bits per heavy atom. The van der Waals surface area contributed by atoms with Crippen LogP contribution in [-0.4, -0.2) is 26.8 Å². The summed E-state index contributed by atoms with van der Waals surface area (Å²) >= 11 is 17.3. The number of thiazole rings is 1. The number of nitrogens with two attached hydrogens (primary N) is 1. The molecule has 2 heterocycles. The van der Waals surface area contributed by atoms with Crippen LogP contribution in [0.25, 0.3) is 6.08 Å². The van der Waals surface area contributed by atoms with Gasteiger partial charge in [0.05, 0.1) is 16.8 Å². The van der Waals surface area contributed by atoms with E-state index in [-0.39, 0.29) is 16.0 Å². The first-order valence-electron chi connectivity index (χ1n) is 9.02. The molecule has 0 aliphatic carbocycles. The predicted octanol–water partition coefficient (Wildman–Crippen LogP) is 4.08. The van der Waals surface area contributed by atoms with Crippen molar-refractivity contribution >= 4 is 80.4 Å². The van der Waals surface area contributed by atoms with E-state index in [2.05, 4.69) is 26.1 Å². The maximum absolute atomic E-state index is 12.1. The maximum Gasteiger partial charge on any atom is 0.293 e. The highest BCUT2D eigenvalue weighted by atomic mass is 35.5. The van der Waals surface area contributed by atoms with Crippen molar-refractivity contribution in [3.63, 3.8) is 0 Å². The lowest BCUT2D eigenvalue weighted by molar-refractivity contribution is 0.0950. The molecule has 0 bridgehead atoms. The van der Waals surface area contributed by atoms with Crippen molar-refractivity contribution < 1.29 is 9.21 Å². The molecule has 0 aliphatic heterocycles. The number of thiocarbonyl (C=S) groups is 2. The standard InChI is InChI=1S/C20H17ClN6O2S3/c1-11-16(14(26-27-18(22)30)9-6-12-4-7-13(21)8-5-12)32-20(23-11)25-19(31)24-17(28)15-3-2-10-29-15/h2-10H,1H3,(H3,22,27,30)(H2,23,24,25,28,31)/b9-6+,26-14+. The number of aromatic nitrogens is 1. The van der Waals surface area contributed by atoms with Gasteiger partial charge < -0.3 is 15.5 Å². The molecule has 32 heavy (non-hydrogen) atoms. The summed E-state index contributed by atoms with van der Waals surface area (Å²) in [5, 5.41) is 11.0. The van der Waals surface area contributed by atoms with Crippen LogP contribution >= 0.6 is 47.4 Å². The minimum absolute atomic E-state index is 0.0322. The zero-order valence-corrected chi connectivity index (χ0v) is 19.8. The molecule has 164 valence electrons. The molecule has 3 aromatic rings. The lowest BCUT2D eigenvalue weighted by Crippen LogP contribution is -2.33. The topological polar surface area (TPSA) is 118 Å². The molecule has 0 fully saturated rings. The Bertz CT molecular complexity index is 1190. The molecule has 12 heteroatoms. The van der Waals surface area contributed by atoms with Crippen molar-refractivity contribution in [2.24, 2.45) is 10.8 Å². The molecular formula is C20H17ClN6O2S3. The molecule has 0 spiro atoms. The summed E-state index contributed by atoms with van der Waals surface area (Å²) in [6, 6.07) is 10.5. The molecule has 1 aromatic carbocycles. The number of carbonyl (C=O) groups is 1. The van der Waals surface area contributed by atoms with Crippen LogP contribution in [0.3, 0.4) is 0 Å². The third-order valence-electron chi connectivity index (χ3n) is 3.81. The average molecular weight is 505 g/mol. The summed E-state index contributed by atoms with van der Waals surface area (Å²) in [4.78, 5) is 17.3. The van der Waals surface area contributed by atoms with E-state index in [1.807, 2.05) is 25.1 Å². The zero-order chi connectivity index (χ0) is 23.1. The molecule has 3 rings (SSSR count). The maximum atomic E-state index is 12.1. The Morgan fingerprint density at radius 2 is 2.03 bits per heavy atom. The van der Waals surface area contributed by atoms with Crippen LogP contribution in [0.1, 0.15) is 26.7 Å². The highest BCUT2D eigenvalue weighted by Gasteiger charge is 2.15. The van der Waals surface area contributed by atoms with Gasteiger partial charge in [0.2, 0.25) is 0 Å². The first kappa shape index (κ1) is 23.5. The number of hydrazone groups is 1. The highest BCUT2D eigenvalue weighted by molar-refractivity contribution is 7.80. The number of allylic oxidation sites excluding steroid dienone is 1. The smallest absolute Gasteiger partial charge is 0.293 e. The number of aryl methyl sites for hydroxylation is 1.